The summed E-state index contributed by atoms with van der Waals surface area (Å²) >= 11 is 0. The average Bonchev–Trinajstić information content (AvgIpc) is 2.44. The van der Waals surface area contributed by atoms with Gasteiger partial charge in [-0.2, -0.15) is 0 Å². The van der Waals surface area contributed by atoms with E-state index in [4.69, 9.17) is 9.47 Å². The molecule has 0 fully saturated rings. The van der Waals surface area contributed by atoms with Gasteiger partial charge in [0.05, 0.1) is 12.2 Å². The minimum atomic E-state index is -0.267. The number of unbranched alkanes of at least 4 members (excludes halogenated alkanes) is 1. The number of hydrogen-bond donors (Lipinski definition) is 0. The SMILES string of the molecule is COCC(CCCCC(C)C)OC(=O)c1ccccc1. The number of hydrogen-bond acceptors (Lipinski definition) is 3. The fourth-order valence-electron chi connectivity index (χ4n) is 2.08. The summed E-state index contributed by atoms with van der Waals surface area (Å²) in [5, 5.41) is 0. The van der Waals surface area contributed by atoms with Crippen molar-refractivity contribution in [3.05, 3.63) is 35.9 Å². The monoisotopic (exact) mass is 278 g/mol. The van der Waals surface area contributed by atoms with Crippen LogP contribution in [0.2, 0.25) is 0 Å². The van der Waals surface area contributed by atoms with Crippen molar-refractivity contribution in [1.82, 2.24) is 0 Å². The molecule has 0 radical (unpaired) electrons. The summed E-state index contributed by atoms with van der Waals surface area (Å²) in [6, 6.07) is 9.10. The van der Waals surface area contributed by atoms with Gasteiger partial charge in [0.2, 0.25) is 0 Å². The molecule has 0 N–H and O–H groups in total. The van der Waals surface area contributed by atoms with Crippen molar-refractivity contribution in [2.24, 2.45) is 5.92 Å². The Labute approximate surface area is 122 Å². The third-order valence-corrected chi connectivity index (χ3v) is 3.19. The van der Waals surface area contributed by atoms with Gasteiger partial charge in [-0.25, -0.2) is 4.79 Å². The number of carbonyl (C=O) groups excluding carboxylic acids is 1. The molecule has 112 valence electrons. The number of ether oxygens (including phenoxy) is 2. The number of methoxy groups -OCH3 is 1. The highest BCUT2D eigenvalue weighted by molar-refractivity contribution is 5.89. The highest BCUT2D eigenvalue weighted by Gasteiger charge is 2.15. The maximum atomic E-state index is 12.0. The topological polar surface area (TPSA) is 35.5 Å². The summed E-state index contributed by atoms with van der Waals surface area (Å²) in [5.41, 5.74) is 0.593. The zero-order chi connectivity index (χ0) is 14.8. The predicted molar refractivity (Wildman–Crippen MR) is 80.8 cm³/mol. The fourth-order valence-corrected chi connectivity index (χ4v) is 2.08. The van der Waals surface area contributed by atoms with Crippen molar-refractivity contribution < 1.29 is 14.3 Å². The summed E-state index contributed by atoms with van der Waals surface area (Å²) in [5.74, 6) is 0.458. The lowest BCUT2D eigenvalue weighted by molar-refractivity contribution is 0.00232. The molecule has 3 nitrogen and oxygen atoms in total. The van der Waals surface area contributed by atoms with Crippen LogP contribution in [0.1, 0.15) is 49.9 Å². The van der Waals surface area contributed by atoms with E-state index in [-0.39, 0.29) is 12.1 Å². The molecule has 1 aromatic rings. The lowest BCUT2D eigenvalue weighted by atomic mass is 10.0. The van der Waals surface area contributed by atoms with Crippen LogP contribution in [0.4, 0.5) is 0 Å². The molecule has 0 aliphatic rings. The lowest BCUT2D eigenvalue weighted by Crippen LogP contribution is -2.23. The van der Waals surface area contributed by atoms with Gasteiger partial charge in [-0.05, 0) is 30.9 Å². The Kier molecular flexibility index (Phi) is 7.97. The number of carbonyl (C=O) groups is 1. The molecule has 0 saturated heterocycles. The van der Waals surface area contributed by atoms with Gasteiger partial charge in [-0.1, -0.05) is 44.9 Å². The van der Waals surface area contributed by atoms with Crippen LogP contribution in [0.25, 0.3) is 0 Å². The quantitative estimate of drug-likeness (QED) is 0.504. The van der Waals surface area contributed by atoms with Gasteiger partial charge in [0.25, 0.3) is 0 Å². The maximum absolute atomic E-state index is 12.0. The van der Waals surface area contributed by atoms with Gasteiger partial charge in [-0.15, -0.1) is 0 Å². The molecule has 3 heteroatoms. The summed E-state index contributed by atoms with van der Waals surface area (Å²) in [4.78, 5) is 12.0. The Morgan fingerprint density at radius 2 is 1.75 bits per heavy atom. The lowest BCUT2D eigenvalue weighted by Gasteiger charge is -2.17. The molecule has 0 bridgehead atoms. The largest absolute Gasteiger partial charge is 0.456 e. The number of benzene rings is 1. The molecule has 1 rings (SSSR count). The van der Waals surface area contributed by atoms with Crippen molar-refractivity contribution in [2.45, 2.75) is 45.6 Å². The molecular formula is C17H26O3. The Morgan fingerprint density at radius 1 is 1.10 bits per heavy atom. The Morgan fingerprint density at radius 3 is 2.35 bits per heavy atom. The third-order valence-electron chi connectivity index (χ3n) is 3.19. The molecule has 20 heavy (non-hydrogen) atoms. The zero-order valence-corrected chi connectivity index (χ0v) is 12.8. The van der Waals surface area contributed by atoms with Crippen LogP contribution in [0, 0.1) is 5.92 Å². The van der Waals surface area contributed by atoms with Crippen LogP contribution in [-0.2, 0) is 9.47 Å². The van der Waals surface area contributed by atoms with Crippen LogP contribution in [0.15, 0.2) is 30.3 Å². The van der Waals surface area contributed by atoms with E-state index in [9.17, 15) is 4.79 Å². The Balaban J connectivity index is 2.40. The average molecular weight is 278 g/mol. The first kappa shape index (κ1) is 16.7. The second-order valence-electron chi connectivity index (χ2n) is 5.53. The van der Waals surface area contributed by atoms with Crippen molar-refractivity contribution in [1.29, 1.82) is 0 Å². The molecular weight excluding hydrogens is 252 g/mol. The van der Waals surface area contributed by atoms with E-state index < -0.39 is 0 Å². The first-order valence-electron chi connectivity index (χ1n) is 7.38. The van der Waals surface area contributed by atoms with E-state index in [1.807, 2.05) is 18.2 Å². The zero-order valence-electron chi connectivity index (χ0n) is 12.8. The van der Waals surface area contributed by atoms with Crippen molar-refractivity contribution in [3.8, 4) is 0 Å². The maximum Gasteiger partial charge on any atom is 0.338 e. The summed E-state index contributed by atoms with van der Waals surface area (Å²) < 4.78 is 10.7. The van der Waals surface area contributed by atoms with Crippen LogP contribution < -0.4 is 0 Å². The second kappa shape index (κ2) is 9.54. The summed E-state index contributed by atoms with van der Waals surface area (Å²) in [7, 11) is 1.64. The Bertz CT molecular complexity index is 373. The van der Waals surface area contributed by atoms with E-state index in [1.54, 1.807) is 19.2 Å². The standard InChI is InChI=1S/C17H26O3/c1-14(2)9-7-8-12-16(13-19-3)20-17(18)15-10-5-4-6-11-15/h4-6,10-11,14,16H,7-9,12-13H2,1-3H3. The minimum absolute atomic E-state index is 0.153. The van der Waals surface area contributed by atoms with Gasteiger partial charge in [0.1, 0.15) is 6.10 Å². The molecule has 1 aromatic carbocycles. The van der Waals surface area contributed by atoms with Crippen LogP contribution >= 0.6 is 0 Å². The van der Waals surface area contributed by atoms with E-state index in [0.717, 1.165) is 18.8 Å². The van der Waals surface area contributed by atoms with Crippen molar-refractivity contribution in [3.63, 3.8) is 0 Å². The summed E-state index contributed by atoms with van der Waals surface area (Å²) in [6.45, 7) is 4.91. The van der Waals surface area contributed by atoms with Gasteiger partial charge in [0, 0.05) is 7.11 Å². The highest BCUT2D eigenvalue weighted by Crippen LogP contribution is 2.13. The van der Waals surface area contributed by atoms with E-state index in [2.05, 4.69) is 13.8 Å². The molecule has 1 unspecified atom stereocenters. The van der Waals surface area contributed by atoms with Crippen molar-refractivity contribution in [2.75, 3.05) is 13.7 Å². The van der Waals surface area contributed by atoms with Gasteiger partial charge >= 0.3 is 5.97 Å². The smallest absolute Gasteiger partial charge is 0.338 e. The first-order valence-corrected chi connectivity index (χ1v) is 7.38. The van der Waals surface area contributed by atoms with Crippen molar-refractivity contribution >= 4 is 5.97 Å². The molecule has 1 atom stereocenters. The molecule has 0 aliphatic carbocycles. The second-order valence-corrected chi connectivity index (χ2v) is 5.53. The Hall–Kier alpha value is -1.35. The predicted octanol–water partition coefficient (Wildman–Crippen LogP) is 4.07. The highest BCUT2D eigenvalue weighted by atomic mass is 16.6. The van der Waals surface area contributed by atoms with Crippen LogP contribution in [-0.4, -0.2) is 25.8 Å². The van der Waals surface area contributed by atoms with Gasteiger partial charge < -0.3 is 9.47 Å². The molecule has 0 aromatic heterocycles. The van der Waals surface area contributed by atoms with Crippen LogP contribution in [0.5, 0.6) is 0 Å². The fraction of sp³-hybridized carbons (Fsp3) is 0.588. The van der Waals surface area contributed by atoms with Crippen LogP contribution in [0.3, 0.4) is 0 Å². The third kappa shape index (κ3) is 6.71. The van der Waals surface area contributed by atoms with E-state index in [1.165, 1.54) is 12.8 Å². The number of esters is 1. The molecule has 0 amide bonds. The normalized spacial score (nSPS) is 12.4. The van der Waals surface area contributed by atoms with E-state index >= 15 is 0 Å². The van der Waals surface area contributed by atoms with Gasteiger partial charge in [0.15, 0.2) is 0 Å². The molecule has 0 heterocycles. The summed E-state index contributed by atoms with van der Waals surface area (Å²) in [6.07, 6.45) is 4.15. The van der Waals surface area contributed by atoms with E-state index in [0.29, 0.717) is 12.2 Å². The molecule has 0 spiro atoms. The first-order chi connectivity index (χ1) is 9.63. The molecule has 0 aliphatic heterocycles. The minimum Gasteiger partial charge on any atom is -0.456 e. The van der Waals surface area contributed by atoms with Gasteiger partial charge in [-0.3, -0.25) is 0 Å². The number of rotatable bonds is 9. The molecule has 0 saturated carbocycles.